The normalized spacial score (nSPS) is 10.8. The third kappa shape index (κ3) is 6.19. The largest absolute Gasteiger partial charge is 0.444 e. The predicted octanol–water partition coefficient (Wildman–Crippen LogP) is 1.64. The molecular formula is C14H20N2O4. The van der Waals surface area contributed by atoms with Gasteiger partial charge in [0.15, 0.2) is 0 Å². The summed E-state index contributed by atoms with van der Waals surface area (Å²) in [5.41, 5.74) is 0.758. The van der Waals surface area contributed by atoms with Crippen LogP contribution in [0.15, 0.2) is 24.3 Å². The van der Waals surface area contributed by atoms with Gasteiger partial charge in [0.1, 0.15) is 12.1 Å². The van der Waals surface area contributed by atoms with Crippen molar-refractivity contribution in [2.75, 3.05) is 11.9 Å². The van der Waals surface area contributed by atoms with Gasteiger partial charge in [0.05, 0.1) is 6.61 Å². The van der Waals surface area contributed by atoms with Gasteiger partial charge in [-0.15, -0.1) is 0 Å². The fraction of sp³-hybridized carbons (Fsp3) is 0.429. The highest BCUT2D eigenvalue weighted by Crippen LogP contribution is 2.09. The molecule has 0 saturated heterocycles. The SMILES string of the molecule is CC(C)(C)OC(=O)NCC(=O)Nc1ccc(CO)cc1. The Balaban J connectivity index is 2.38. The number of ether oxygens (including phenoxy) is 1. The lowest BCUT2D eigenvalue weighted by atomic mass is 10.2. The number of aliphatic hydroxyl groups excluding tert-OH is 1. The molecular weight excluding hydrogens is 260 g/mol. The van der Waals surface area contributed by atoms with Crippen molar-refractivity contribution in [2.24, 2.45) is 0 Å². The maximum absolute atomic E-state index is 11.6. The molecule has 0 aliphatic carbocycles. The van der Waals surface area contributed by atoms with Gasteiger partial charge in [-0.25, -0.2) is 4.79 Å². The van der Waals surface area contributed by atoms with E-state index < -0.39 is 11.7 Å². The molecule has 0 unspecified atom stereocenters. The van der Waals surface area contributed by atoms with E-state index >= 15 is 0 Å². The zero-order chi connectivity index (χ0) is 15.2. The first-order valence-electron chi connectivity index (χ1n) is 6.26. The van der Waals surface area contributed by atoms with E-state index in [-0.39, 0.29) is 19.1 Å². The molecule has 3 N–H and O–H groups in total. The molecule has 1 aromatic rings. The van der Waals surface area contributed by atoms with E-state index in [0.717, 1.165) is 5.56 Å². The lowest BCUT2D eigenvalue weighted by Gasteiger charge is -2.19. The summed E-state index contributed by atoms with van der Waals surface area (Å²) in [6, 6.07) is 6.77. The van der Waals surface area contributed by atoms with Crippen molar-refractivity contribution in [3.63, 3.8) is 0 Å². The van der Waals surface area contributed by atoms with Crippen LogP contribution in [0.5, 0.6) is 0 Å². The Morgan fingerprint density at radius 2 is 1.80 bits per heavy atom. The first-order valence-corrected chi connectivity index (χ1v) is 6.26. The van der Waals surface area contributed by atoms with Gasteiger partial charge in [-0.1, -0.05) is 12.1 Å². The van der Waals surface area contributed by atoms with Gasteiger partial charge in [-0.3, -0.25) is 4.79 Å². The topological polar surface area (TPSA) is 87.7 Å². The van der Waals surface area contributed by atoms with E-state index in [1.54, 1.807) is 45.0 Å². The number of hydrogen-bond donors (Lipinski definition) is 3. The zero-order valence-electron chi connectivity index (χ0n) is 11.9. The van der Waals surface area contributed by atoms with Crippen LogP contribution >= 0.6 is 0 Å². The van der Waals surface area contributed by atoms with E-state index in [1.807, 2.05) is 0 Å². The van der Waals surface area contributed by atoms with Gasteiger partial charge in [0, 0.05) is 5.69 Å². The second-order valence-corrected chi connectivity index (χ2v) is 5.26. The number of carbonyl (C=O) groups excluding carboxylic acids is 2. The van der Waals surface area contributed by atoms with Crippen LogP contribution in [0.1, 0.15) is 26.3 Å². The maximum atomic E-state index is 11.6. The number of alkyl carbamates (subject to hydrolysis) is 1. The van der Waals surface area contributed by atoms with E-state index in [2.05, 4.69) is 10.6 Å². The van der Waals surface area contributed by atoms with Gasteiger partial charge in [0.2, 0.25) is 5.91 Å². The van der Waals surface area contributed by atoms with Crippen LogP contribution in [0.3, 0.4) is 0 Å². The van der Waals surface area contributed by atoms with E-state index in [1.165, 1.54) is 0 Å². The number of nitrogens with one attached hydrogen (secondary N) is 2. The number of hydrogen-bond acceptors (Lipinski definition) is 4. The Morgan fingerprint density at radius 1 is 1.20 bits per heavy atom. The van der Waals surface area contributed by atoms with E-state index in [4.69, 9.17) is 9.84 Å². The van der Waals surface area contributed by atoms with Crippen molar-refractivity contribution in [2.45, 2.75) is 33.0 Å². The molecule has 0 saturated carbocycles. The highest BCUT2D eigenvalue weighted by atomic mass is 16.6. The fourth-order valence-corrected chi connectivity index (χ4v) is 1.37. The van der Waals surface area contributed by atoms with Crippen LogP contribution in [-0.4, -0.2) is 29.3 Å². The molecule has 0 aliphatic rings. The highest BCUT2D eigenvalue weighted by Gasteiger charge is 2.16. The number of carbonyl (C=O) groups is 2. The van der Waals surface area contributed by atoms with Gasteiger partial charge in [-0.05, 0) is 38.5 Å². The molecule has 20 heavy (non-hydrogen) atoms. The van der Waals surface area contributed by atoms with Crippen molar-refractivity contribution in [1.82, 2.24) is 5.32 Å². The third-order valence-electron chi connectivity index (χ3n) is 2.21. The van der Waals surface area contributed by atoms with Crippen LogP contribution in [0.4, 0.5) is 10.5 Å². The standard InChI is InChI=1S/C14H20N2O4/c1-14(2,3)20-13(19)15-8-12(18)16-11-6-4-10(9-17)5-7-11/h4-7,17H,8-9H2,1-3H3,(H,15,19)(H,16,18). The quantitative estimate of drug-likeness (QED) is 0.782. The average molecular weight is 280 g/mol. The summed E-state index contributed by atoms with van der Waals surface area (Å²) < 4.78 is 5.01. The minimum Gasteiger partial charge on any atom is -0.444 e. The van der Waals surface area contributed by atoms with Crippen LogP contribution < -0.4 is 10.6 Å². The fourth-order valence-electron chi connectivity index (χ4n) is 1.37. The van der Waals surface area contributed by atoms with E-state index in [0.29, 0.717) is 5.69 Å². The van der Waals surface area contributed by atoms with Crippen LogP contribution in [0.2, 0.25) is 0 Å². The molecule has 1 rings (SSSR count). The molecule has 0 spiro atoms. The molecule has 1 aromatic carbocycles. The molecule has 0 radical (unpaired) electrons. The highest BCUT2D eigenvalue weighted by molar-refractivity contribution is 5.93. The predicted molar refractivity (Wildman–Crippen MR) is 75.2 cm³/mol. The van der Waals surface area contributed by atoms with Crippen molar-refractivity contribution in [3.05, 3.63) is 29.8 Å². The van der Waals surface area contributed by atoms with Gasteiger partial charge < -0.3 is 20.5 Å². The molecule has 110 valence electrons. The molecule has 6 heteroatoms. The minimum atomic E-state index is -0.636. The zero-order valence-corrected chi connectivity index (χ0v) is 11.9. The number of anilines is 1. The smallest absolute Gasteiger partial charge is 0.408 e. The number of amides is 2. The van der Waals surface area contributed by atoms with Crippen molar-refractivity contribution >= 4 is 17.7 Å². The summed E-state index contributed by atoms with van der Waals surface area (Å²) >= 11 is 0. The summed E-state index contributed by atoms with van der Waals surface area (Å²) in [5.74, 6) is -0.354. The maximum Gasteiger partial charge on any atom is 0.408 e. The Morgan fingerprint density at radius 3 is 2.30 bits per heavy atom. The molecule has 0 heterocycles. The second-order valence-electron chi connectivity index (χ2n) is 5.26. The molecule has 6 nitrogen and oxygen atoms in total. The second kappa shape index (κ2) is 6.91. The van der Waals surface area contributed by atoms with Crippen molar-refractivity contribution in [1.29, 1.82) is 0 Å². The van der Waals surface area contributed by atoms with Gasteiger partial charge in [0.25, 0.3) is 0 Å². The van der Waals surface area contributed by atoms with Crippen LogP contribution in [0, 0.1) is 0 Å². The molecule has 0 aromatic heterocycles. The molecule has 0 atom stereocenters. The monoisotopic (exact) mass is 280 g/mol. The van der Waals surface area contributed by atoms with Gasteiger partial charge in [-0.2, -0.15) is 0 Å². The summed E-state index contributed by atoms with van der Waals surface area (Å²) in [5, 5.41) is 13.9. The Kier molecular flexibility index (Phi) is 5.52. The third-order valence-corrected chi connectivity index (χ3v) is 2.21. The number of aliphatic hydroxyl groups is 1. The summed E-state index contributed by atoms with van der Waals surface area (Å²) in [7, 11) is 0. The van der Waals surface area contributed by atoms with E-state index in [9.17, 15) is 9.59 Å². The first-order chi connectivity index (χ1) is 9.30. The molecule has 0 aliphatic heterocycles. The summed E-state index contributed by atoms with van der Waals surface area (Å²) in [4.78, 5) is 23.0. The Bertz CT molecular complexity index is 463. The Hall–Kier alpha value is -2.08. The van der Waals surface area contributed by atoms with Gasteiger partial charge >= 0.3 is 6.09 Å². The molecule has 0 fully saturated rings. The Labute approximate surface area is 118 Å². The summed E-state index contributed by atoms with van der Waals surface area (Å²) in [6.07, 6.45) is -0.636. The average Bonchev–Trinajstić information content (AvgIpc) is 2.35. The lowest BCUT2D eigenvalue weighted by Crippen LogP contribution is -2.37. The summed E-state index contributed by atoms with van der Waals surface area (Å²) in [6.45, 7) is 5.02. The molecule has 2 amide bonds. The molecule has 0 bridgehead atoms. The number of benzene rings is 1. The van der Waals surface area contributed by atoms with Crippen molar-refractivity contribution < 1.29 is 19.4 Å². The van der Waals surface area contributed by atoms with Crippen LogP contribution in [0.25, 0.3) is 0 Å². The lowest BCUT2D eigenvalue weighted by molar-refractivity contribution is -0.115. The van der Waals surface area contributed by atoms with Crippen molar-refractivity contribution in [3.8, 4) is 0 Å². The number of rotatable bonds is 4. The first kappa shape index (κ1) is 16.0. The van der Waals surface area contributed by atoms with Crippen LogP contribution in [-0.2, 0) is 16.1 Å². The minimum absolute atomic E-state index is 0.0472.